The third kappa shape index (κ3) is 2.49. The van der Waals surface area contributed by atoms with Gasteiger partial charge in [0.1, 0.15) is 0 Å². The van der Waals surface area contributed by atoms with Gasteiger partial charge >= 0.3 is 0 Å². The number of hydrogen-bond donors (Lipinski definition) is 2. The number of nitrogens with two attached hydrogens (primary N) is 1. The van der Waals surface area contributed by atoms with Gasteiger partial charge in [0.05, 0.1) is 7.11 Å². The highest BCUT2D eigenvalue weighted by Crippen LogP contribution is 2.32. The second-order valence-electron chi connectivity index (χ2n) is 2.68. The van der Waals surface area contributed by atoms with Crippen LogP contribution >= 0.6 is 15.9 Å². The fourth-order valence-corrected chi connectivity index (χ4v) is 1.50. The SMILES string of the molecule is COc1cc(Br)c(/C=C/CN)cc1O. The van der Waals surface area contributed by atoms with Gasteiger partial charge in [-0.15, -0.1) is 0 Å². The number of benzene rings is 1. The van der Waals surface area contributed by atoms with Gasteiger partial charge in [0.15, 0.2) is 11.5 Å². The number of phenols is 1. The minimum Gasteiger partial charge on any atom is -0.504 e. The molecule has 3 N–H and O–H groups in total. The zero-order valence-corrected chi connectivity index (χ0v) is 9.41. The van der Waals surface area contributed by atoms with Crippen molar-refractivity contribution < 1.29 is 9.84 Å². The van der Waals surface area contributed by atoms with Gasteiger partial charge in [0, 0.05) is 11.0 Å². The van der Waals surface area contributed by atoms with Crippen LogP contribution < -0.4 is 10.5 Å². The third-order valence-electron chi connectivity index (χ3n) is 1.73. The smallest absolute Gasteiger partial charge is 0.161 e. The first-order valence-electron chi connectivity index (χ1n) is 4.12. The first-order valence-corrected chi connectivity index (χ1v) is 4.91. The summed E-state index contributed by atoms with van der Waals surface area (Å²) in [7, 11) is 1.51. The van der Waals surface area contributed by atoms with Crippen molar-refractivity contribution in [3.05, 3.63) is 28.2 Å². The number of methoxy groups -OCH3 is 1. The molecule has 4 heteroatoms. The predicted molar refractivity (Wildman–Crippen MR) is 60.4 cm³/mol. The quantitative estimate of drug-likeness (QED) is 0.873. The fourth-order valence-electron chi connectivity index (χ4n) is 1.05. The highest BCUT2D eigenvalue weighted by molar-refractivity contribution is 9.10. The summed E-state index contributed by atoms with van der Waals surface area (Å²) in [4.78, 5) is 0. The number of halogens is 1. The maximum Gasteiger partial charge on any atom is 0.161 e. The van der Waals surface area contributed by atoms with E-state index in [2.05, 4.69) is 15.9 Å². The van der Waals surface area contributed by atoms with E-state index in [0.717, 1.165) is 10.0 Å². The summed E-state index contributed by atoms with van der Waals surface area (Å²) < 4.78 is 5.81. The van der Waals surface area contributed by atoms with E-state index in [-0.39, 0.29) is 5.75 Å². The molecule has 0 atom stereocenters. The van der Waals surface area contributed by atoms with E-state index in [1.165, 1.54) is 7.11 Å². The van der Waals surface area contributed by atoms with Crippen LogP contribution in [0, 0.1) is 0 Å². The summed E-state index contributed by atoms with van der Waals surface area (Å²) in [5, 5.41) is 9.50. The summed E-state index contributed by atoms with van der Waals surface area (Å²) in [6.07, 6.45) is 3.65. The van der Waals surface area contributed by atoms with Crippen molar-refractivity contribution in [2.75, 3.05) is 13.7 Å². The lowest BCUT2D eigenvalue weighted by Crippen LogP contribution is -1.92. The Balaban J connectivity index is 3.08. The molecule has 1 aromatic carbocycles. The maximum absolute atomic E-state index is 9.50. The number of ether oxygens (including phenoxy) is 1. The number of phenolic OH excluding ortho intramolecular Hbond substituents is 1. The zero-order chi connectivity index (χ0) is 10.6. The molecule has 0 bridgehead atoms. The zero-order valence-electron chi connectivity index (χ0n) is 7.83. The van der Waals surface area contributed by atoms with Crippen molar-refractivity contribution in [2.24, 2.45) is 5.73 Å². The van der Waals surface area contributed by atoms with Gasteiger partial charge in [0.25, 0.3) is 0 Å². The van der Waals surface area contributed by atoms with E-state index in [1.54, 1.807) is 12.1 Å². The summed E-state index contributed by atoms with van der Waals surface area (Å²) >= 11 is 3.37. The van der Waals surface area contributed by atoms with E-state index < -0.39 is 0 Å². The molecule has 1 aromatic rings. The van der Waals surface area contributed by atoms with Gasteiger partial charge in [-0.05, 0) is 17.7 Å². The molecule has 0 fully saturated rings. The Hall–Kier alpha value is -1.00. The topological polar surface area (TPSA) is 55.5 Å². The highest BCUT2D eigenvalue weighted by atomic mass is 79.9. The molecule has 0 aromatic heterocycles. The number of aromatic hydroxyl groups is 1. The molecule has 0 radical (unpaired) electrons. The average Bonchev–Trinajstić information content (AvgIpc) is 2.18. The Bertz CT molecular complexity index is 350. The molecule has 0 amide bonds. The second kappa shape index (κ2) is 5.02. The minimum atomic E-state index is 0.118. The largest absolute Gasteiger partial charge is 0.504 e. The molecular formula is C10H12BrNO2. The van der Waals surface area contributed by atoms with Gasteiger partial charge in [-0.2, -0.15) is 0 Å². The van der Waals surface area contributed by atoms with E-state index in [0.29, 0.717) is 12.3 Å². The lowest BCUT2D eigenvalue weighted by molar-refractivity contribution is 0.373. The Labute approximate surface area is 91.3 Å². The Kier molecular flexibility index (Phi) is 3.98. The van der Waals surface area contributed by atoms with Crippen molar-refractivity contribution in [1.29, 1.82) is 0 Å². The molecule has 0 unspecified atom stereocenters. The Morgan fingerprint density at radius 2 is 2.29 bits per heavy atom. The molecule has 0 aliphatic heterocycles. The molecule has 0 heterocycles. The first-order chi connectivity index (χ1) is 6.69. The lowest BCUT2D eigenvalue weighted by Gasteiger charge is -2.06. The van der Waals surface area contributed by atoms with Crippen molar-refractivity contribution in [2.45, 2.75) is 0 Å². The van der Waals surface area contributed by atoms with Gasteiger partial charge < -0.3 is 15.6 Å². The van der Waals surface area contributed by atoms with Crippen LogP contribution in [0.4, 0.5) is 0 Å². The molecule has 76 valence electrons. The Morgan fingerprint density at radius 3 is 2.86 bits per heavy atom. The van der Waals surface area contributed by atoms with Crippen LogP contribution in [-0.4, -0.2) is 18.8 Å². The van der Waals surface area contributed by atoms with Crippen LogP contribution in [-0.2, 0) is 0 Å². The predicted octanol–water partition coefficient (Wildman–Crippen LogP) is 2.14. The van der Waals surface area contributed by atoms with E-state index in [1.807, 2.05) is 12.2 Å². The average molecular weight is 258 g/mol. The molecule has 1 rings (SSSR count). The van der Waals surface area contributed by atoms with Gasteiger partial charge in [0.2, 0.25) is 0 Å². The van der Waals surface area contributed by atoms with Gasteiger partial charge in [-0.25, -0.2) is 0 Å². The Morgan fingerprint density at radius 1 is 1.57 bits per heavy atom. The molecular weight excluding hydrogens is 246 g/mol. The van der Waals surface area contributed by atoms with E-state index in [4.69, 9.17) is 10.5 Å². The molecule has 14 heavy (non-hydrogen) atoms. The first kappa shape index (κ1) is 11.1. The van der Waals surface area contributed by atoms with Crippen molar-refractivity contribution in [3.63, 3.8) is 0 Å². The molecule has 0 saturated carbocycles. The van der Waals surface area contributed by atoms with E-state index in [9.17, 15) is 5.11 Å². The summed E-state index contributed by atoms with van der Waals surface area (Å²) in [5.74, 6) is 0.564. The van der Waals surface area contributed by atoms with Crippen LogP contribution in [0.2, 0.25) is 0 Å². The monoisotopic (exact) mass is 257 g/mol. The van der Waals surface area contributed by atoms with Crippen LogP contribution in [0.25, 0.3) is 6.08 Å². The van der Waals surface area contributed by atoms with Crippen LogP contribution in [0.3, 0.4) is 0 Å². The maximum atomic E-state index is 9.50. The summed E-state index contributed by atoms with van der Waals surface area (Å²) in [6.45, 7) is 0.471. The normalized spacial score (nSPS) is 10.8. The van der Waals surface area contributed by atoms with E-state index >= 15 is 0 Å². The summed E-state index contributed by atoms with van der Waals surface area (Å²) in [5.41, 5.74) is 6.20. The van der Waals surface area contributed by atoms with Crippen LogP contribution in [0.15, 0.2) is 22.7 Å². The number of hydrogen-bond acceptors (Lipinski definition) is 3. The standard InChI is InChI=1S/C10H12BrNO2/c1-14-10-6-8(11)7(3-2-4-12)5-9(10)13/h2-3,5-6,13H,4,12H2,1H3/b3-2+. The van der Waals surface area contributed by atoms with Crippen molar-refractivity contribution in [3.8, 4) is 11.5 Å². The fraction of sp³-hybridized carbons (Fsp3) is 0.200. The third-order valence-corrected chi connectivity index (χ3v) is 2.42. The molecule has 0 saturated heterocycles. The lowest BCUT2D eigenvalue weighted by atomic mass is 10.2. The summed E-state index contributed by atoms with van der Waals surface area (Å²) in [6, 6.07) is 3.33. The van der Waals surface area contributed by atoms with Crippen molar-refractivity contribution in [1.82, 2.24) is 0 Å². The number of rotatable bonds is 3. The van der Waals surface area contributed by atoms with Gasteiger partial charge in [-0.1, -0.05) is 28.1 Å². The highest BCUT2D eigenvalue weighted by Gasteiger charge is 2.05. The molecule has 0 aliphatic rings. The van der Waals surface area contributed by atoms with Gasteiger partial charge in [-0.3, -0.25) is 0 Å². The van der Waals surface area contributed by atoms with Crippen molar-refractivity contribution >= 4 is 22.0 Å². The second-order valence-corrected chi connectivity index (χ2v) is 3.54. The van der Waals surface area contributed by atoms with Crippen LogP contribution in [0.1, 0.15) is 5.56 Å². The van der Waals surface area contributed by atoms with Crippen LogP contribution in [0.5, 0.6) is 11.5 Å². The minimum absolute atomic E-state index is 0.118. The molecule has 0 spiro atoms. The molecule has 0 aliphatic carbocycles. The molecule has 3 nitrogen and oxygen atoms in total.